The van der Waals surface area contributed by atoms with Crippen molar-refractivity contribution in [2.24, 2.45) is 0 Å². The van der Waals surface area contributed by atoms with E-state index in [0.717, 1.165) is 12.0 Å². The number of carbonyl (C=O) groups is 1. The van der Waals surface area contributed by atoms with Crippen molar-refractivity contribution in [1.82, 2.24) is 5.32 Å². The maximum atomic E-state index is 11.6. The second-order valence-electron chi connectivity index (χ2n) is 3.96. The van der Waals surface area contributed by atoms with Crippen LogP contribution in [0.5, 0.6) is 0 Å². The molecule has 3 N–H and O–H groups in total. The van der Waals surface area contributed by atoms with Crippen molar-refractivity contribution in [2.75, 3.05) is 25.5 Å². The third-order valence-corrected chi connectivity index (χ3v) is 2.35. The van der Waals surface area contributed by atoms with E-state index in [2.05, 4.69) is 11.9 Å². The topological polar surface area (TPSA) is 64.3 Å². The fourth-order valence-electron chi connectivity index (χ4n) is 1.48. The van der Waals surface area contributed by atoms with Gasteiger partial charge < -0.3 is 15.8 Å². The highest BCUT2D eigenvalue weighted by Gasteiger charge is 2.02. The second-order valence-corrected chi connectivity index (χ2v) is 3.96. The molecule has 0 atom stereocenters. The molecule has 18 heavy (non-hydrogen) atoms. The first-order valence-corrected chi connectivity index (χ1v) is 6.02. The highest BCUT2D eigenvalue weighted by Crippen LogP contribution is 2.06. The standard InChI is InChI=1S/C14H20N2O2/c1-2-3-8-18-9-7-16-14(17)11-12-5-4-6-13(15)10-12/h2,4-6,10H,1,3,7-9,11,15H2,(H,16,17). The molecule has 1 aromatic rings. The first kappa shape index (κ1) is 14.3. The van der Waals surface area contributed by atoms with E-state index >= 15 is 0 Å². The summed E-state index contributed by atoms with van der Waals surface area (Å²) in [7, 11) is 0. The Morgan fingerprint density at radius 3 is 3.00 bits per heavy atom. The fraction of sp³-hybridized carbons (Fsp3) is 0.357. The number of benzene rings is 1. The molecule has 4 nitrogen and oxygen atoms in total. The molecule has 1 amide bonds. The second kappa shape index (κ2) is 8.31. The summed E-state index contributed by atoms with van der Waals surface area (Å²) in [6, 6.07) is 7.34. The third-order valence-electron chi connectivity index (χ3n) is 2.35. The molecule has 1 aromatic carbocycles. The quantitative estimate of drug-likeness (QED) is 0.416. The minimum absolute atomic E-state index is 0.0204. The van der Waals surface area contributed by atoms with Gasteiger partial charge in [-0.25, -0.2) is 0 Å². The van der Waals surface area contributed by atoms with Gasteiger partial charge in [0, 0.05) is 12.2 Å². The highest BCUT2D eigenvalue weighted by molar-refractivity contribution is 5.78. The monoisotopic (exact) mass is 248 g/mol. The van der Waals surface area contributed by atoms with Gasteiger partial charge in [-0.05, 0) is 24.1 Å². The first-order valence-electron chi connectivity index (χ1n) is 6.02. The predicted octanol–water partition coefficient (Wildman–Crippen LogP) is 1.52. The molecule has 0 bridgehead atoms. The van der Waals surface area contributed by atoms with Gasteiger partial charge in [0.15, 0.2) is 0 Å². The Hall–Kier alpha value is -1.81. The van der Waals surface area contributed by atoms with Crippen LogP contribution in [0.1, 0.15) is 12.0 Å². The van der Waals surface area contributed by atoms with Gasteiger partial charge in [0.05, 0.1) is 19.6 Å². The van der Waals surface area contributed by atoms with Crippen molar-refractivity contribution >= 4 is 11.6 Å². The molecule has 0 aromatic heterocycles. The van der Waals surface area contributed by atoms with Gasteiger partial charge in [-0.15, -0.1) is 6.58 Å². The molecular formula is C14H20N2O2. The highest BCUT2D eigenvalue weighted by atomic mass is 16.5. The van der Waals surface area contributed by atoms with E-state index in [0.29, 0.717) is 31.9 Å². The smallest absolute Gasteiger partial charge is 0.224 e. The van der Waals surface area contributed by atoms with Gasteiger partial charge in [0.2, 0.25) is 5.91 Å². The van der Waals surface area contributed by atoms with Gasteiger partial charge in [-0.3, -0.25) is 4.79 Å². The van der Waals surface area contributed by atoms with Crippen molar-refractivity contribution < 1.29 is 9.53 Å². The maximum Gasteiger partial charge on any atom is 0.224 e. The zero-order valence-corrected chi connectivity index (χ0v) is 10.5. The summed E-state index contributed by atoms with van der Waals surface area (Å²) >= 11 is 0. The van der Waals surface area contributed by atoms with E-state index in [1.807, 2.05) is 12.1 Å². The van der Waals surface area contributed by atoms with Crippen LogP contribution in [0.2, 0.25) is 0 Å². The van der Waals surface area contributed by atoms with Crippen LogP contribution in [-0.4, -0.2) is 25.7 Å². The number of nitrogen functional groups attached to an aromatic ring is 1. The fourth-order valence-corrected chi connectivity index (χ4v) is 1.48. The summed E-state index contributed by atoms with van der Waals surface area (Å²) in [5.41, 5.74) is 7.23. The number of anilines is 1. The maximum absolute atomic E-state index is 11.6. The number of rotatable bonds is 8. The molecular weight excluding hydrogens is 228 g/mol. The van der Waals surface area contributed by atoms with Gasteiger partial charge in [-0.1, -0.05) is 18.2 Å². The van der Waals surface area contributed by atoms with E-state index in [-0.39, 0.29) is 5.91 Å². The average Bonchev–Trinajstić information content (AvgIpc) is 2.33. The van der Waals surface area contributed by atoms with Crippen molar-refractivity contribution in [3.8, 4) is 0 Å². The number of ether oxygens (including phenoxy) is 1. The van der Waals surface area contributed by atoms with Gasteiger partial charge in [0.25, 0.3) is 0 Å². The van der Waals surface area contributed by atoms with Crippen molar-refractivity contribution in [3.63, 3.8) is 0 Å². The molecule has 0 radical (unpaired) electrons. The number of nitrogens with one attached hydrogen (secondary N) is 1. The van der Waals surface area contributed by atoms with Crippen LogP contribution in [0.4, 0.5) is 5.69 Å². The molecule has 0 unspecified atom stereocenters. The van der Waals surface area contributed by atoms with E-state index in [9.17, 15) is 4.79 Å². The molecule has 0 fully saturated rings. The van der Waals surface area contributed by atoms with E-state index < -0.39 is 0 Å². The van der Waals surface area contributed by atoms with Gasteiger partial charge >= 0.3 is 0 Å². The number of nitrogens with two attached hydrogens (primary N) is 1. The van der Waals surface area contributed by atoms with Crippen molar-refractivity contribution in [1.29, 1.82) is 0 Å². The van der Waals surface area contributed by atoms with Gasteiger partial charge in [-0.2, -0.15) is 0 Å². The average molecular weight is 248 g/mol. The lowest BCUT2D eigenvalue weighted by Crippen LogP contribution is -2.28. The number of hydrogen-bond acceptors (Lipinski definition) is 3. The minimum atomic E-state index is -0.0204. The molecule has 0 spiro atoms. The SMILES string of the molecule is C=CCCOCCNC(=O)Cc1cccc(N)c1. The minimum Gasteiger partial charge on any atom is -0.399 e. The van der Waals surface area contributed by atoms with Crippen LogP contribution in [0, 0.1) is 0 Å². The number of carbonyl (C=O) groups excluding carboxylic acids is 1. The molecule has 0 aliphatic carbocycles. The van der Waals surface area contributed by atoms with Crippen molar-refractivity contribution in [3.05, 3.63) is 42.5 Å². The molecule has 1 rings (SSSR count). The van der Waals surface area contributed by atoms with E-state index in [1.165, 1.54) is 0 Å². The summed E-state index contributed by atoms with van der Waals surface area (Å²) < 4.78 is 5.29. The molecule has 0 aliphatic heterocycles. The lowest BCUT2D eigenvalue weighted by molar-refractivity contribution is -0.120. The summed E-state index contributed by atoms with van der Waals surface area (Å²) in [5.74, 6) is -0.0204. The van der Waals surface area contributed by atoms with Crippen LogP contribution in [0.3, 0.4) is 0 Å². The Balaban J connectivity index is 2.16. The van der Waals surface area contributed by atoms with Crippen LogP contribution >= 0.6 is 0 Å². The summed E-state index contributed by atoms with van der Waals surface area (Å²) in [6.45, 7) is 5.30. The Bertz CT molecular complexity index is 391. The molecule has 0 saturated heterocycles. The molecule has 4 heteroatoms. The lowest BCUT2D eigenvalue weighted by Gasteiger charge is -2.06. The van der Waals surface area contributed by atoms with E-state index in [1.54, 1.807) is 18.2 Å². The molecule has 0 aliphatic rings. The van der Waals surface area contributed by atoms with Crippen LogP contribution in [-0.2, 0) is 16.0 Å². The molecule has 98 valence electrons. The lowest BCUT2D eigenvalue weighted by atomic mass is 10.1. The molecule has 0 heterocycles. The Labute approximate surface area is 108 Å². The summed E-state index contributed by atoms with van der Waals surface area (Å²) in [4.78, 5) is 11.6. The zero-order valence-electron chi connectivity index (χ0n) is 10.5. The van der Waals surface area contributed by atoms with Crippen LogP contribution in [0.25, 0.3) is 0 Å². The predicted molar refractivity (Wildman–Crippen MR) is 73.2 cm³/mol. The largest absolute Gasteiger partial charge is 0.399 e. The van der Waals surface area contributed by atoms with Crippen molar-refractivity contribution in [2.45, 2.75) is 12.8 Å². The zero-order chi connectivity index (χ0) is 13.2. The third kappa shape index (κ3) is 6.06. The Morgan fingerprint density at radius 1 is 1.44 bits per heavy atom. The Morgan fingerprint density at radius 2 is 2.28 bits per heavy atom. The van der Waals surface area contributed by atoms with Crippen LogP contribution in [0.15, 0.2) is 36.9 Å². The number of amides is 1. The number of hydrogen-bond donors (Lipinski definition) is 2. The Kier molecular flexibility index (Phi) is 6.58. The summed E-state index contributed by atoms with van der Waals surface area (Å²) in [5, 5.41) is 2.80. The van der Waals surface area contributed by atoms with Crippen LogP contribution < -0.4 is 11.1 Å². The normalized spacial score (nSPS) is 10.0. The summed E-state index contributed by atoms with van der Waals surface area (Å²) in [6.07, 6.45) is 2.98. The first-order chi connectivity index (χ1) is 8.72. The van der Waals surface area contributed by atoms with E-state index in [4.69, 9.17) is 10.5 Å². The molecule has 0 saturated carbocycles. The van der Waals surface area contributed by atoms with Gasteiger partial charge in [0.1, 0.15) is 0 Å².